The van der Waals surface area contributed by atoms with Gasteiger partial charge >= 0.3 is 0 Å². The molecule has 11 heteroatoms. The number of aryl methyl sites for hydroxylation is 1. The number of aromatic amines is 1. The molecule has 1 saturated heterocycles. The molecule has 0 spiro atoms. The third-order valence-electron chi connectivity index (χ3n) is 7.39. The fourth-order valence-corrected chi connectivity index (χ4v) is 6.87. The van der Waals surface area contributed by atoms with Gasteiger partial charge in [-0.05, 0) is 44.5 Å². The van der Waals surface area contributed by atoms with E-state index in [1.807, 2.05) is 35.9 Å². The van der Waals surface area contributed by atoms with E-state index < -0.39 is 10.0 Å². The van der Waals surface area contributed by atoms with Crippen molar-refractivity contribution in [3.8, 4) is 28.3 Å². The van der Waals surface area contributed by atoms with Crippen molar-refractivity contribution >= 4 is 21.1 Å². The number of aromatic nitrogens is 5. The molecule has 0 atom stereocenters. The number of methoxy groups -OCH3 is 1. The van der Waals surface area contributed by atoms with Crippen LogP contribution in [0.2, 0.25) is 0 Å². The Labute approximate surface area is 216 Å². The molecular weight excluding hydrogens is 490 g/mol. The third-order valence-corrected chi connectivity index (χ3v) is 9.17. The zero-order chi connectivity index (χ0) is 25.7. The zero-order valence-corrected chi connectivity index (χ0v) is 22.1. The molecule has 0 bridgehead atoms. The van der Waals surface area contributed by atoms with Gasteiger partial charge in [0, 0.05) is 43.0 Å². The first-order chi connectivity index (χ1) is 17.8. The summed E-state index contributed by atoms with van der Waals surface area (Å²) in [6.07, 6.45) is 6.99. The zero-order valence-electron chi connectivity index (χ0n) is 21.3. The summed E-state index contributed by atoms with van der Waals surface area (Å²) in [7, 11) is 2.16. The van der Waals surface area contributed by atoms with Crippen molar-refractivity contribution in [2.45, 2.75) is 25.3 Å². The number of hydrogen-bond donors (Lipinski definition) is 1. The van der Waals surface area contributed by atoms with Crippen molar-refractivity contribution in [2.24, 2.45) is 0 Å². The quantitative estimate of drug-likeness (QED) is 0.380. The van der Waals surface area contributed by atoms with Gasteiger partial charge in [0.25, 0.3) is 0 Å². The molecule has 194 valence electrons. The minimum Gasteiger partial charge on any atom is -0.494 e. The van der Waals surface area contributed by atoms with Gasteiger partial charge in [-0.25, -0.2) is 13.4 Å². The van der Waals surface area contributed by atoms with Crippen molar-refractivity contribution in [2.75, 3.05) is 46.6 Å². The summed E-state index contributed by atoms with van der Waals surface area (Å²) >= 11 is 0. The van der Waals surface area contributed by atoms with E-state index in [0.717, 1.165) is 47.1 Å². The highest BCUT2D eigenvalue weighted by Crippen LogP contribution is 2.39. The number of H-pyrrole nitrogens is 1. The van der Waals surface area contributed by atoms with Gasteiger partial charge in [-0.3, -0.25) is 9.78 Å². The predicted octanol–water partition coefficient (Wildman–Crippen LogP) is 2.73. The molecule has 4 aromatic rings. The Bertz CT molecular complexity index is 1570. The van der Waals surface area contributed by atoms with E-state index in [2.05, 4.69) is 33.5 Å². The number of pyridine rings is 1. The summed E-state index contributed by atoms with van der Waals surface area (Å²) in [5, 5.41) is 12.2. The molecule has 0 amide bonds. The van der Waals surface area contributed by atoms with E-state index in [-0.39, 0.29) is 11.8 Å². The fourth-order valence-electron chi connectivity index (χ4n) is 5.22. The summed E-state index contributed by atoms with van der Waals surface area (Å²) in [5.74, 6) is 0.835. The molecule has 1 aliphatic carbocycles. The second kappa shape index (κ2) is 9.23. The Kier molecular flexibility index (Phi) is 6.01. The SMILES string of the molecule is COc1cc2[nH]nc(-c3cnn(C4CN(S(=O)(=O)CCN(C)C)C4)c3)c2nc1-c1cccc2c1CCC2. The molecule has 0 saturated carbocycles. The number of sulfonamides is 1. The number of nitrogens with zero attached hydrogens (tertiary/aromatic N) is 6. The minimum atomic E-state index is -3.26. The van der Waals surface area contributed by atoms with Crippen molar-refractivity contribution in [3.63, 3.8) is 0 Å². The molecule has 1 fully saturated rings. The van der Waals surface area contributed by atoms with E-state index in [9.17, 15) is 8.42 Å². The first-order valence-electron chi connectivity index (χ1n) is 12.6. The highest BCUT2D eigenvalue weighted by atomic mass is 32.2. The monoisotopic (exact) mass is 521 g/mol. The van der Waals surface area contributed by atoms with Gasteiger partial charge in [-0.1, -0.05) is 18.2 Å². The van der Waals surface area contributed by atoms with E-state index in [0.29, 0.717) is 31.1 Å². The van der Waals surface area contributed by atoms with Crippen molar-refractivity contribution in [1.82, 2.24) is 34.2 Å². The van der Waals surface area contributed by atoms with E-state index >= 15 is 0 Å². The summed E-state index contributed by atoms with van der Waals surface area (Å²) < 4.78 is 34.2. The molecule has 2 aliphatic rings. The standard InChI is InChI=1S/C26H31N7O3S/c1-31(2)10-11-37(34,35)32-15-19(16-32)33-14-18(13-27-33)24-26-22(29-30-24)12-23(36-3)25(28-26)21-9-5-7-17-6-4-8-20(17)21/h5,7,9,12-14,19H,4,6,8,10-11,15-16H2,1-3H3,(H,29,30). The van der Waals surface area contributed by atoms with Crippen LogP contribution < -0.4 is 4.74 Å². The molecular formula is C26H31N7O3S. The van der Waals surface area contributed by atoms with Gasteiger partial charge in [0.05, 0.1) is 30.6 Å². The number of benzene rings is 1. The first kappa shape index (κ1) is 24.1. The van der Waals surface area contributed by atoms with Crippen LogP contribution in [0.3, 0.4) is 0 Å². The molecule has 1 N–H and O–H groups in total. The van der Waals surface area contributed by atoms with Crippen LogP contribution in [0.15, 0.2) is 36.7 Å². The maximum absolute atomic E-state index is 12.5. The second-order valence-corrected chi connectivity index (χ2v) is 12.2. The third kappa shape index (κ3) is 4.30. The van der Waals surface area contributed by atoms with Crippen molar-refractivity contribution < 1.29 is 13.2 Å². The lowest BCUT2D eigenvalue weighted by Gasteiger charge is -2.38. The molecule has 1 aromatic carbocycles. The fraction of sp³-hybridized carbons (Fsp3) is 0.423. The Morgan fingerprint density at radius 3 is 2.81 bits per heavy atom. The van der Waals surface area contributed by atoms with Gasteiger partial charge in [-0.15, -0.1) is 0 Å². The maximum Gasteiger partial charge on any atom is 0.215 e. The smallest absolute Gasteiger partial charge is 0.215 e. The Morgan fingerprint density at radius 1 is 1.19 bits per heavy atom. The van der Waals surface area contributed by atoms with Crippen LogP contribution in [0.1, 0.15) is 23.6 Å². The predicted molar refractivity (Wildman–Crippen MR) is 142 cm³/mol. The van der Waals surface area contributed by atoms with Crippen LogP contribution in [-0.4, -0.2) is 89.2 Å². The van der Waals surface area contributed by atoms with E-state index in [4.69, 9.17) is 9.72 Å². The average Bonchev–Trinajstić information content (AvgIpc) is 3.59. The Hall–Kier alpha value is -3.28. The second-order valence-electron chi connectivity index (χ2n) is 10.1. The molecule has 6 rings (SSSR count). The van der Waals surface area contributed by atoms with Gasteiger partial charge in [0.15, 0.2) is 0 Å². The van der Waals surface area contributed by atoms with Gasteiger partial charge < -0.3 is 9.64 Å². The lowest BCUT2D eigenvalue weighted by atomic mass is 9.99. The highest BCUT2D eigenvalue weighted by Gasteiger charge is 2.37. The molecule has 10 nitrogen and oxygen atoms in total. The number of fused-ring (bicyclic) bond motifs is 2. The average molecular weight is 522 g/mol. The van der Waals surface area contributed by atoms with E-state index in [1.54, 1.807) is 13.3 Å². The normalized spacial score (nSPS) is 16.4. The lowest BCUT2D eigenvalue weighted by Crippen LogP contribution is -2.52. The number of ether oxygens (including phenoxy) is 1. The van der Waals surface area contributed by atoms with E-state index in [1.165, 1.54) is 15.4 Å². The van der Waals surface area contributed by atoms with Crippen LogP contribution in [0.4, 0.5) is 0 Å². The molecule has 0 radical (unpaired) electrons. The summed E-state index contributed by atoms with van der Waals surface area (Å²) in [4.78, 5) is 6.93. The van der Waals surface area contributed by atoms with Crippen molar-refractivity contribution in [1.29, 1.82) is 0 Å². The van der Waals surface area contributed by atoms with Crippen LogP contribution >= 0.6 is 0 Å². The number of hydrogen-bond acceptors (Lipinski definition) is 7. The number of rotatable bonds is 8. The van der Waals surface area contributed by atoms with Crippen molar-refractivity contribution in [3.05, 3.63) is 47.8 Å². The topological polar surface area (TPSA) is 109 Å². The lowest BCUT2D eigenvalue weighted by molar-refractivity contribution is 0.190. The molecule has 3 aromatic heterocycles. The van der Waals surface area contributed by atoms with Gasteiger partial charge in [-0.2, -0.15) is 14.5 Å². The summed E-state index contributed by atoms with van der Waals surface area (Å²) in [5.41, 5.74) is 7.76. The van der Waals surface area contributed by atoms with Crippen LogP contribution in [0, 0.1) is 0 Å². The van der Waals surface area contributed by atoms with Crippen LogP contribution in [-0.2, 0) is 22.9 Å². The first-order valence-corrected chi connectivity index (χ1v) is 14.2. The molecule has 4 heterocycles. The van der Waals surface area contributed by atoms with Gasteiger partial charge in [0.2, 0.25) is 10.0 Å². The summed E-state index contributed by atoms with van der Waals surface area (Å²) in [6.45, 7) is 1.36. The maximum atomic E-state index is 12.5. The summed E-state index contributed by atoms with van der Waals surface area (Å²) in [6, 6.07) is 8.36. The molecule has 0 unspecified atom stereocenters. The molecule has 1 aliphatic heterocycles. The molecule has 37 heavy (non-hydrogen) atoms. The highest BCUT2D eigenvalue weighted by molar-refractivity contribution is 7.89. The largest absolute Gasteiger partial charge is 0.494 e. The number of nitrogens with one attached hydrogen (secondary N) is 1. The van der Waals surface area contributed by atoms with Crippen LogP contribution in [0.25, 0.3) is 33.5 Å². The Balaban J connectivity index is 1.28. The Morgan fingerprint density at radius 2 is 2.03 bits per heavy atom. The van der Waals surface area contributed by atoms with Gasteiger partial charge in [0.1, 0.15) is 22.7 Å². The minimum absolute atomic E-state index is 0.00334. The van der Waals surface area contributed by atoms with Crippen LogP contribution in [0.5, 0.6) is 5.75 Å².